The average Bonchev–Trinajstić information content (AvgIpc) is 3.34. The van der Waals surface area contributed by atoms with E-state index in [-0.39, 0.29) is 28.2 Å². The lowest BCUT2D eigenvalue weighted by Gasteiger charge is -2.50. The highest BCUT2D eigenvalue weighted by Gasteiger charge is 2.47. The van der Waals surface area contributed by atoms with Crippen molar-refractivity contribution in [2.24, 2.45) is 0 Å². The number of nitrogens with zero attached hydrogens (tertiary/aromatic N) is 5. The minimum Gasteiger partial charge on any atom is -0.502 e. The first-order valence-corrected chi connectivity index (χ1v) is 12.1. The zero-order valence-electron chi connectivity index (χ0n) is 19.8. The summed E-state index contributed by atoms with van der Waals surface area (Å²) >= 11 is 1.01. The van der Waals surface area contributed by atoms with Crippen LogP contribution in [0.25, 0.3) is 10.6 Å². The number of amides is 2. The number of aromatic nitrogens is 3. The van der Waals surface area contributed by atoms with E-state index >= 15 is 0 Å². The Morgan fingerprint density at radius 1 is 1.24 bits per heavy atom. The SMILES string of the molecule is COC(=O)N1CCC2(CC1)Nn1cc(-c3nnc(Cc4ccc(F)cc4F)s3)c(=O)c(O)c1C(=O)N2C. The van der Waals surface area contributed by atoms with Crippen LogP contribution in [0.4, 0.5) is 13.6 Å². The summed E-state index contributed by atoms with van der Waals surface area (Å²) in [5.41, 5.74) is 1.53. The number of ether oxygens (including phenoxy) is 1. The molecule has 1 saturated heterocycles. The van der Waals surface area contributed by atoms with Crippen LogP contribution in [0, 0.1) is 11.6 Å². The molecule has 2 aliphatic heterocycles. The number of methoxy groups -OCH3 is 1. The highest BCUT2D eigenvalue weighted by atomic mass is 32.1. The fourth-order valence-corrected chi connectivity index (χ4v) is 5.47. The summed E-state index contributed by atoms with van der Waals surface area (Å²) in [7, 11) is 2.86. The normalized spacial score (nSPS) is 16.5. The summed E-state index contributed by atoms with van der Waals surface area (Å²) in [5, 5.41) is 19.3. The Morgan fingerprint density at radius 3 is 2.65 bits per heavy atom. The van der Waals surface area contributed by atoms with Gasteiger partial charge in [0.1, 0.15) is 22.3 Å². The van der Waals surface area contributed by atoms with Crippen LogP contribution < -0.4 is 10.9 Å². The van der Waals surface area contributed by atoms with Gasteiger partial charge in [-0.3, -0.25) is 14.3 Å². The van der Waals surface area contributed by atoms with Crippen molar-refractivity contribution in [3.8, 4) is 16.3 Å². The minimum absolute atomic E-state index is 0.00317. The van der Waals surface area contributed by atoms with Crippen molar-refractivity contribution in [1.29, 1.82) is 0 Å². The van der Waals surface area contributed by atoms with Crippen LogP contribution in [0.3, 0.4) is 0 Å². The van der Waals surface area contributed by atoms with Crippen LogP contribution in [0.15, 0.2) is 29.2 Å². The number of hydrogen-bond donors (Lipinski definition) is 2. The molecule has 37 heavy (non-hydrogen) atoms. The van der Waals surface area contributed by atoms with Crippen molar-refractivity contribution in [2.75, 3.05) is 32.7 Å². The van der Waals surface area contributed by atoms with Gasteiger partial charge < -0.3 is 25.1 Å². The molecule has 1 fully saturated rings. The van der Waals surface area contributed by atoms with E-state index in [1.807, 2.05) is 0 Å². The van der Waals surface area contributed by atoms with Gasteiger partial charge in [0, 0.05) is 51.7 Å². The van der Waals surface area contributed by atoms with Gasteiger partial charge in [-0.15, -0.1) is 10.2 Å². The summed E-state index contributed by atoms with van der Waals surface area (Å²) in [4.78, 5) is 41.1. The lowest BCUT2D eigenvalue weighted by atomic mass is 9.94. The second-order valence-corrected chi connectivity index (χ2v) is 9.88. The fourth-order valence-electron chi connectivity index (χ4n) is 4.60. The van der Waals surface area contributed by atoms with Gasteiger partial charge in [0.2, 0.25) is 5.43 Å². The Labute approximate surface area is 212 Å². The van der Waals surface area contributed by atoms with E-state index in [1.165, 1.54) is 33.8 Å². The van der Waals surface area contributed by atoms with E-state index in [9.17, 15) is 28.3 Å². The highest BCUT2D eigenvalue weighted by molar-refractivity contribution is 7.14. The number of halogens is 2. The Balaban J connectivity index is 1.47. The molecular weight excluding hydrogens is 510 g/mol. The third-order valence-electron chi connectivity index (χ3n) is 6.74. The predicted octanol–water partition coefficient (Wildman–Crippen LogP) is 2.13. The number of fused-ring (bicyclic) bond motifs is 1. The van der Waals surface area contributed by atoms with Crippen molar-refractivity contribution in [3.05, 3.63) is 62.5 Å². The standard InChI is InChI=1S/C23H22F2N6O5S/c1-29-21(34)17-19(33)18(32)14(11-31(17)28-23(29)5-7-30(8-6-23)22(35)36-2)20-27-26-16(37-20)9-12-3-4-13(24)10-15(12)25/h3-4,10-11,28,33H,5-9H2,1-2H3. The molecule has 1 spiro atoms. The van der Waals surface area contributed by atoms with Gasteiger partial charge in [0.25, 0.3) is 5.91 Å². The van der Waals surface area contributed by atoms with E-state index in [4.69, 9.17) is 4.74 Å². The van der Waals surface area contributed by atoms with Gasteiger partial charge in [0.15, 0.2) is 16.5 Å². The maximum Gasteiger partial charge on any atom is 0.409 e. The molecule has 14 heteroatoms. The molecular formula is C23H22F2N6O5S. The van der Waals surface area contributed by atoms with Crippen molar-refractivity contribution in [3.63, 3.8) is 0 Å². The lowest BCUT2D eigenvalue weighted by Crippen LogP contribution is -2.66. The van der Waals surface area contributed by atoms with Gasteiger partial charge in [-0.05, 0) is 11.6 Å². The van der Waals surface area contributed by atoms with Crippen LogP contribution in [-0.2, 0) is 11.2 Å². The number of carbonyl (C=O) groups excluding carboxylic acids is 2. The van der Waals surface area contributed by atoms with Gasteiger partial charge in [-0.1, -0.05) is 17.4 Å². The molecule has 0 radical (unpaired) electrons. The number of carbonyl (C=O) groups is 2. The van der Waals surface area contributed by atoms with Crippen LogP contribution in [0.2, 0.25) is 0 Å². The molecule has 3 aromatic rings. The minimum atomic E-state index is -0.875. The van der Waals surface area contributed by atoms with E-state index in [0.29, 0.717) is 30.9 Å². The molecule has 5 rings (SSSR count). The van der Waals surface area contributed by atoms with Crippen molar-refractivity contribution in [1.82, 2.24) is 24.7 Å². The highest BCUT2D eigenvalue weighted by Crippen LogP contribution is 2.34. The quantitative estimate of drug-likeness (QED) is 0.525. The van der Waals surface area contributed by atoms with Gasteiger partial charge in [-0.25, -0.2) is 13.6 Å². The smallest absolute Gasteiger partial charge is 0.409 e. The topological polar surface area (TPSA) is 130 Å². The Kier molecular flexibility index (Phi) is 6.06. The summed E-state index contributed by atoms with van der Waals surface area (Å²) < 4.78 is 33.4. The van der Waals surface area contributed by atoms with Crippen molar-refractivity contribution >= 4 is 23.3 Å². The molecule has 0 atom stereocenters. The van der Waals surface area contributed by atoms with Crippen LogP contribution in [0.5, 0.6) is 5.75 Å². The molecule has 2 N–H and O–H groups in total. The number of rotatable bonds is 3. The Morgan fingerprint density at radius 2 is 1.97 bits per heavy atom. The molecule has 194 valence electrons. The molecule has 2 aromatic heterocycles. The molecule has 0 aliphatic carbocycles. The number of pyridine rings is 1. The number of piperidine rings is 1. The number of aromatic hydroxyl groups is 1. The molecule has 2 amide bonds. The molecule has 11 nitrogen and oxygen atoms in total. The molecule has 2 aliphatic rings. The van der Waals surface area contributed by atoms with Crippen LogP contribution in [0.1, 0.15) is 33.9 Å². The zero-order chi connectivity index (χ0) is 26.5. The Bertz CT molecular complexity index is 1470. The maximum absolute atomic E-state index is 14.1. The van der Waals surface area contributed by atoms with Crippen LogP contribution >= 0.6 is 11.3 Å². The van der Waals surface area contributed by atoms with E-state index in [0.717, 1.165) is 23.5 Å². The number of hydrogen-bond acceptors (Lipinski definition) is 9. The van der Waals surface area contributed by atoms with E-state index in [2.05, 4.69) is 15.6 Å². The van der Waals surface area contributed by atoms with Gasteiger partial charge in [-0.2, -0.15) is 0 Å². The molecule has 0 bridgehead atoms. The Hall–Kier alpha value is -4.07. The first-order valence-electron chi connectivity index (χ1n) is 11.3. The largest absolute Gasteiger partial charge is 0.502 e. The first kappa shape index (κ1) is 24.6. The average molecular weight is 533 g/mol. The first-order chi connectivity index (χ1) is 17.6. The van der Waals surface area contributed by atoms with Crippen molar-refractivity contribution in [2.45, 2.75) is 24.9 Å². The third kappa shape index (κ3) is 4.16. The predicted molar refractivity (Wildman–Crippen MR) is 128 cm³/mol. The molecule has 4 heterocycles. The molecule has 0 saturated carbocycles. The van der Waals surface area contributed by atoms with Gasteiger partial charge in [0.05, 0.1) is 12.7 Å². The van der Waals surface area contributed by atoms with E-state index < -0.39 is 40.5 Å². The maximum atomic E-state index is 14.1. The number of likely N-dealkylation sites (tertiary alicyclic amines) is 1. The second kappa shape index (κ2) is 9.10. The number of benzene rings is 1. The lowest BCUT2D eigenvalue weighted by molar-refractivity contribution is 0.0265. The zero-order valence-corrected chi connectivity index (χ0v) is 20.6. The van der Waals surface area contributed by atoms with E-state index in [1.54, 1.807) is 7.05 Å². The number of nitrogens with one attached hydrogen (secondary N) is 1. The van der Waals surface area contributed by atoms with Crippen molar-refractivity contribution < 1.29 is 28.2 Å². The van der Waals surface area contributed by atoms with Gasteiger partial charge >= 0.3 is 6.09 Å². The fraction of sp³-hybridized carbons (Fsp3) is 0.348. The second-order valence-electron chi connectivity index (χ2n) is 8.82. The molecule has 0 unspecified atom stereocenters. The summed E-state index contributed by atoms with van der Waals surface area (Å²) in [5.74, 6) is -2.72. The summed E-state index contributed by atoms with van der Waals surface area (Å²) in [6, 6.07) is 3.22. The summed E-state index contributed by atoms with van der Waals surface area (Å²) in [6.45, 7) is 0.650. The summed E-state index contributed by atoms with van der Waals surface area (Å²) in [6.07, 6.45) is 1.69. The monoisotopic (exact) mass is 532 g/mol. The van der Waals surface area contributed by atoms with Crippen LogP contribution in [-0.4, -0.2) is 74.7 Å². The third-order valence-corrected chi connectivity index (χ3v) is 7.69. The molecule has 1 aromatic carbocycles.